The quantitative estimate of drug-likeness (QED) is 0.546. The Kier molecular flexibility index (Phi) is 3.97. The Morgan fingerprint density at radius 3 is 1.88 bits per heavy atom. The molecule has 0 atom stereocenters. The maximum absolute atomic E-state index is 13.3. The van der Waals surface area contributed by atoms with Crippen LogP contribution in [0, 0.1) is 30.2 Å². The van der Waals surface area contributed by atoms with Crippen molar-refractivity contribution in [1.29, 1.82) is 0 Å². The molecule has 1 aromatic rings. The number of halogens is 5. The van der Waals surface area contributed by atoms with Crippen LogP contribution in [0.15, 0.2) is 11.1 Å². The summed E-state index contributed by atoms with van der Waals surface area (Å²) in [6.45, 7) is 2.48. The van der Waals surface area contributed by atoms with Crippen molar-refractivity contribution in [3.63, 3.8) is 0 Å². The van der Waals surface area contributed by atoms with E-state index in [1.54, 1.807) is 0 Å². The van der Waals surface area contributed by atoms with Gasteiger partial charge >= 0.3 is 0 Å². The highest BCUT2D eigenvalue weighted by molar-refractivity contribution is 6.25. The number of allylic oxidation sites excluding steroid dienone is 1. The molecule has 0 radical (unpaired) electrons. The molecule has 0 fully saturated rings. The molecular weight excluding hydrogens is 244 g/mol. The Labute approximate surface area is 95.5 Å². The zero-order chi connectivity index (χ0) is 12.5. The first kappa shape index (κ1) is 13.0. The van der Waals surface area contributed by atoms with Gasteiger partial charge in [0.2, 0.25) is 0 Å². The highest BCUT2D eigenvalue weighted by Crippen LogP contribution is 2.25. The van der Waals surface area contributed by atoms with Gasteiger partial charge in [-0.1, -0.05) is 17.2 Å². The van der Waals surface area contributed by atoms with Crippen molar-refractivity contribution in [3.05, 3.63) is 45.5 Å². The minimum atomic E-state index is -1.37. The molecule has 1 aromatic carbocycles. The predicted molar refractivity (Wildman–Crippen MR) is 54.3 cm³/mol. The first-order chi connectivity index (χ1) is 7.40. The van der Waals surface area contributed by atoms with Crippen LogP contribution in [0.25, 0.3) is 0 Å². The minimum absolute atomic E-state index is 0.269. The van der Waals surface area contributed by atoms with Crippen molar-refractivity contribution < 1.29 is 17.6 Å². The molecule has 5 heteroatoms. The van der Waals surface area contributed by atoms with E-state index in [2.05, 4.69) is 0 Å². The lowest BCUT2D eigenvalue weighted by molar-refractivity contribution is 0.433. The second kappa shape index (κ2) is 4.87. The summed E-state index contributed by atoms with van der Waals surface area (Å²) in [4.78, 5) is 0. The maximum atomic E-state index is 13.3. The van der Waals surface area contributed by atoms with Crippen LogP contribution < -0.4 is 0 Å². The molecule has 0 nitrogen and oxygen atoms in total. The third-order valence-electron chi connectivity index (χ3n) is 2.22. The van der Waals surface area contributed by atoms with Crippen LogP contribution >= 0.6 is 11.6 Å². The fourth-order valence-corrected chi connectivity index (χ4v) is 1.34. The molecule has 0 unspecified atom stereocenters. The second-order valence-corrected chi connectivity index (χ2v) is 3.71. The fraction of sp³-hybridized carbons (Fsp3) is 0.273. The first-order valence-corrected chi connectivity index (χ1v) is 4.91. The molecule has 0 spiro atoms. The van der Waals surface area contributed by atoms with Gasteiger partial charge in [-0.3, -0.25) is 0 Å². The highest BCUT2D eigenvalue weighted by atomic mass is 35.5. The Balaban J connectivity index is 3.40. The van der Waals surface area contributed by atoms with E-state index >= 15 is 0 Å². The molecule has 0 amide bonds. The number of rotatable bonds is 2. The van der Waals surface area contributed by atoms with Crippen molar-refractivity contribution >= 4 is 11.6 Å². The first-order valence-electron chi connectivity index (χ1n) is 4.47. The molecule has 0 bridgehead atoms. The van der Waals surface area contributed by atoms with Gasteiger partial charge in [-0.05, 0) is 13.8 Å². The Bertz CT molecular complexity index is 423. The molecule has 0 aliphatic heterocycles. The summed E-state index contributed by atoms with van der Waals surface area (Å²) in [5.41, 5.74) is 0.206. The molecule has 0 aliphatic carbocycles. The van der Waals surface area contributed by atoms with E-state index in [0.29, 0.717) is 5.57 Å². The topological polar surface area (TPSA) is 0 Å². The molecule has 0 saturated heterocycles. The summed E-state index contributed by atoms with van der Waals surface area (Å²) in [6, 6.07) is 0. The second-order valence-electron chi connectivity index (χ2n) is 3.49. The number of hydrogen-bond donors (Lipinski definition) is 0. The molecule has 1 rings (SSSR count). The fourth-order valence-electron chi connectivity index (χ4n) is 1.26. The smallest absolute Gasteiger partial charge is 0.165 e. The van der Waals surface area contributed by atoms with Gasteiger partial charge in [-0.15, -0.1) is 0 Å². The van der Waals surface area contributed by atoms with Gasteiger partial charge in [0.15, 0.2) is 23.3 Å². The summed E-state index contributed by atoms with van der Waals surface area (Å²) >= 11 is 5.32. The van der Waals surface area contributed by atoms with Crippen molar-refractivity contribution in [3.8, 4) is 0 Å². The Morgan fingerprint density at radius 1 is 1.06 bits per heavy atom. The average molecular weight is 253 g/mol. The van der Waals surface area contributed by atoms with Gasteiger partial charge in [-0.25, -0.2) is 17.6 Å². The van der Waals surface area contributed by atoms with Crippen LogP contribution in [0.5, 0.6) is 0 Å². The predicted octanol–water partition coefficient (Wildman–Crippen LogP) is 4.24. The van der Waals surface area contributed by atoms with Gasteiger partial charge < -0.3 is 0 Å². The van der Waals surface area contributed by atoms with E-state index in [-0.39, 0.29) is 6.42 Å². The summed E-state index contributed by atoms with van der Waals surface area (Å²) in [5, 5.41) is 0. The summed E-state index contributed by atoms with van der Waals surface area (Å²) in [6.07, 6.45) is -0.269. The zero-order valence-corrected chi connectivity index (χ0v) is 9.43. The van der Waals surface area contributed by atoms with E-state index in [1.807, 2.05) is 0 Å². The molecule has 0 aliphatic rings. The monoisotopic (exact) mass is 252 g/mol. The van der Waals surface area contributed by atoms with E-state index in [1.165, 1.54) is 6.92 Å². The van der Waals surface area contributed by atoms with Crippen molar-refractivity contribution in [1.82, 2.24) is 0 Å². The Morgan fingerprint density at radius 2 is 1.50 bits per heavy atom. The minimum Gasteiger partial charge on any atom is -0.203 e. The van der Waals surface area contributed by atoms with Crippen molar-refractivity contribution in [2.45, 2.75) is 20.3 Å². The molecule has 0 heterocycles. The van der Waals surface area contributed by atoms with Crippen LogP contribution in [0.1, 0.15) is 18.1 Å². The van der Waals surface area contributed by atoms with E-state index in [0.717, 1.165) is 12.5 Å². The summed E-state index contributed by atoms with van der Waals surface area (Å²) < 4.78 is 53.0. The van der Waals surface area contributed by atoms with E-state index in [9.17, 15) is 17.6 Å². The van der Waals surface area contributed by atoms with Crippen molar-refractivity contribution in [2.75, 3.05) is 0 Å². The molecule has 16 heavy (non-hydrogen) atoms. The third kappa shape index (κ3) is 2.21. The van der Waals surface area contributed by atoms with Gasteiger partial charge in [0.1, 0.15) is 0 Å². The number of hydrogen-bond acceptors (Lipinski definition) is 0. The van der Waals surface area contributed by atoms with Crippen molar-refractivity contribution in [2.24, 2.45) is 0 Å². The normalized spacial score (nSPS) is 12.1. The third-order valence-corrected chi connectivity index (χ3v) is 2.59. The van der Waals surface area contributed by atoms with Crippen LogP contribution in [-0.4, -0.2) is 0 Å². The van der Waals surface area contributed by atoms with E-state index < -0.39 is 34.4 Å². The standard InChI is InChI=1S/C11H9ClF4/c1-5(4-12)3-7-10(15)8(13)6(2)9(14)11(7)16/h4H,3H2,1-2H3. The highest BCUT2D eigenvalue weighted by Gasteiger charge is 2.22. The van der Waals surface area contributed by atoms with Crippen LogP contribution in [0.3, 0.4) is 0 Å². The molecule has 0 aromatic heterocycles. The van der Waals surface area contributed by atoms with Gasteiger partial charge in [0.05, 0.1) is 0 Å². The van der Waals surface area contributed by atoms with E-state index in [4.69, 9.17) is 11.6 Å². The molecular formula is C11H9ClF4. The van der Waals surface area contributed by atoms with Gasteiger partial charge in [0, 0.05) is 23.1 Å². The zero-order valence-electron chi connectivity index (χ0n) is 8.67. The molecule has 88 valence electrons. The largest absolute Gasteiger partial charge is 0.203 e. The van der Waals surface area contributed by atoms with Gasteiger partial charge in [-0.2, -0.15) is 0 Å². The molecule has 0 N–H and O–H groups in total. The maximum Gasteiger partial charge on any atom is 0.165 e. The van der Waals surface area contributed by atoms with Crippen LogP contribution in [0.2, 0.25) is 0 Å². The van der Waals surface area contributed by atoms with Crippen LogP contribution in [0.4, 0.5) is 17.6 Å². The molecule has 0 saturated carbocycles. The number of benzene rings is 1. The summed E-state index contributed by atoms with van der Waals surface area (Å²) in [7, 11) is 0. The summed E-state index contributed by atoms with van der Waals surface area (Å²) in [5.74, 6) is -5.46. The Hall–Kier alpha value is -1.03. The SMILES string of the molecule is CC(=CCl)Cc1c(F)c(F)c(C)c(F)c1F. The lowest BCUT2D eigenvalue weighted by atomic mass is 10.0. The lowest BCUT2D eigenvalue weighted by Gasteiger charge is -2.09. The van der Waals surface area contributed by atoms with Crippen LogP contribution in [-0.2, 0) is 6.42 Å². The average Bonchev–Trinajstić information content (AvgIpc) is 2.29. The van der Waals surface area contributed by atoms with Gasteiger partial charge in [0.25, 0.3) is 0 Å². The lowest BCUT2D eigenvalue weighted by Crippen LogP contribution is -2.06.